The van der Waals surface area contributed by atoms with Crippen molar-refractivity contribution < 1.29 is 9.00 Å². The molecular formula is C8H15N3O2S. The minimum atomic E-state index is -1.19. The van der Waals surface area contributed by atoms with Gasteiger partial charge in [-0.15, -0.1) is 0 Å². The molecule has 0 aliphatic heterocycles. The summed E-state index contributed by atoms with van der Waals surface area (Å²) in [6.45, 7) is 2.30. The van der Waals surface area contributed by atoms with Gasteiger partial charge in [0, 0.05) is 16.6 Å². The van der Waals surface area contributed by atoms with Crippen LogP contribution in [0.15, 0.2) is 0 Å². The highest BCUT2D eigenvalue weighted by Gasteiger charge is 2.10. The maximum absolute atomic E-state index is 11.3. The number of carbonyl (C=O) groups is 1. The first-order valence-corrected chi connectivity index (χ1v) is 5.77. The van der Waals surface area contributed by atoms with E-state index in [4.69, 9.17) is 11.0 Å². The maximum Gasteiger partial charge on any atom is 0.233 e. The molecule has 0 saturated carbocycles. The molecule has 2 unspecified atom stereocenters. The zero-order valence-corrected chi connectivity index (χ0v) is 8.97. The van der Waals surface area contributed by atoms with Gasteiger partial charge in [-0.2, -0.15) is 5.26 Å². The minimum absolute atomic E-state index is 0.0392. The van der Waals surface area contributed by atoms with Crippen molar-refractivity contribution in [3.63, 3.8) is 0 Å². The Morgan fingerprint density at radius 2 is 2.36 bits per heavy atom. The maximum atomic E-state index is 11.3. The first-order chi connectivity index (χ1) is 6.60. The lowest BCUT2D eigenvalue weighted by molar-refractivity contribution is -0.118. The van der Waals surface area contributed by atoms with Crippen LogP contribution < -0.4 is 11.1 Å². The van der Waals surface area contributed by atoms with Crippen LogP contribution >= 0.6 is 0 Å². The molecule has 0 aliphatic carbocycles. The molecule has 0 aromatic heterocycles. The van der Waals surface area contributed by atoms with Gasteiger partial charge >= 0.3 is 0 Å². The topological polar surface area (TPSA) is 96.0 Å². The van der Waals surface area contributed by atoms with Gasteiger partial charge in [0.15, 0.2) is 0 Å². The van der Waals surface area contributed by atoms with Crippen LogP contribution in [0.5, 0.6) is 0 Å². The Hall–Kier alpha value is -0.930. The van der Waals surface area contributed by atoms with Crippen LogP contribution in [0, 0.1) is 17.2 Å². The number of hydrogen-bond donors (Lipinski definition) is 2. The predicted molar refractivity (Wildman–Crippen MR) is 54.7 cm³/mol. The average molecular weight is 217 g/mol. The van der Waals surface area contributed by atoms with Crippen molar-refractivity contribution in [1.82, 2.24) is 5.32 Å². The molecule has 0 fully saturated rings. The van der Waals surface area contributed by atoms with Crippen LogP contribution in [-0.4, -0.2) is 34.7 Å². The Morgan fingerprint density at radius 3 is 2.86 bits per heavy atom. The Balaban J connectivity index is 3.72. The second kappa shape index (κ2) is 7.47. The SMILES string of the molecule is CC(CN)CS(=O)CC(=O)NCC#N. The predicted octanol–water partition coefficient (Wildman–Crippen LogP) is -1.03. The van der Waals surface area contributed by atoms with E-state index in [9.17, 15) is 9.00 Å². The van der Waals surface area contributed by atoms with Crippen LogP contribution in [0.25, 0.3) is 0 Å². The number of nitriles is 1. The van der Waals surface area contributed by atoms with Gasteiger partial charge in [-0.3, -0.25) is 9.00 Å². The molecule has 0 saturated heterocycles. The lowest BCUT2D eigenvalue weighted by atomic mass is 10.2. The van der Waals surface area contributed by atoms with Gasteiger partial charge in [-0.05, 0) is 12.5 Å². The molecule has 0 aromatic carbocycles. The largest absolute Gasteiger partial charge is 0.342 e. The van der Waals surface area contributed by atoms with Gasteiger partial charge in [-0.1, -0.05) is 6.92 Å². The number of nitrogens with one attached hydrogen (secondary N) is 1. The summed E-state index contributed by atoms with van der Waals surface area (Å²) >= 11 is 0. The van der Waals surface area contributed by atoms with Gasteiger partial charge in [-0.25, -0.2) is 0 Å². The molecule has 0 heterocycles. The van der Waals surface area contributed by atoms with Crippen molar-refractivity contribution in [2.45, 2.75) is 6.92 Å². The van der Waals surface area contributed by atoms with Crippen LogP contribution in [0.1, 0.15) is 6.92 Å². The molecule has 0 bridgehead atoms. The lowest BCUT2D eigenvalue weighted by Gasteiger charge is -2.07. The van der Waals surface area contributed by atoms with E-state index in [1.807, 2.05) is 6.92 Å². The summed E-state index contributed by atoms with van der Waals surface area (Å²) in [5.74, 6) is 0.177. The summed E-state index contributed by atoms with van der Waals surface area (Å²) in [4.78, 5) is 11.0. The van der Waals surface area contributed by atoms with Gasteiger partial charge < -0.3 is 11.1 Å². The Kier molecular flexibility index (Phi) is 6.98. The highest BCUT2D eigenvalue weighted by molar-refractivity contribution is 7.85. The molecule has 5 nitrogen and oxygen atoms in total. The number of rotatable bonds is 6. The molecule has 14 heavy (non-hydrogen) atoms. The van der Waals surface area contributed by atoms with Crippen LogP contribution in [0.2, 0.25) is 0 Å². The normalized spacial score (nSPS) is 14.1. The summed E-state index contributed by atoms with van der Waals surface area (Å²) in [7, 11) is -1.19. The molecule has 0 aromatic rings. The summed E-state index contributed by atoms with van der Waals surface area (Å²) in [6, 6.07) is 1.77. The molecule has 0 radical (unpaired) electrons. The first kappa shape index (κ1) is 13.1. The van der Waals surface area contributed by atoms with E-state index in [1.54, 1.807) is 6.07 Å². The number of carbonyl (C=O) groups excluding carboxylic acids is 1. The summed E-state index contributed by atoms with van der Waals surface area (Å²) < 4.78 is 11.3. The van der Waals surface area contributed by atoms with Crippen molar-refractivity contribution in [1.29, 1.82) is 5.26 Å². The lowest BCUT2D eigenvalue weighted by Crippen LogP contribution is -2.30. The second-order valence-electron chi connectivity index (χ2n) is 3.03. The van der Waals surface area contributed by atoms with Crippen molar-refractivity contribution in [3.05, 3.63) is 0 Å². The second-order valence-corrected chi connectivity index (χ2v) is 4.53. The van der Waals surface area contributed by atoms with E-state index in [2.05, 4.69) is 5.32 Å². The Bertz CT molecular complexity index is 249. The third-order valence-electron chi connectivity index (χ3n) is 1.53. The van der Waals surface area contributed by atoms with E-state index < -0.39 is 10.8 Å². The number of hydrogen-bond acceptors (Lipinski definition) is 4. The molecule has 1 amide bonds. The van der Waals surface area contributed by atoms with Gasteiger partial charge in [0.2, 0.25) is 5.91 Å². The highest BCUT2D eigenvalue weighted by atomic mass is 32.2. The smallest absolute Gasteiger partial charge is 0.233 e. The van der Waals surface area contributed by atoms with Gasteiger partial charge in [0.25, 0.3) is 0 Å². The van der Waals surface area contributed by atoms with Crippen LogP contribution in [0.3, 0.4) is 0 Å². The van der Waals surface area contributed by atoms with E-state index in [0.717, 1.165) is 0 Å². The van der Waals surface area contributed by atoms with Gasteiger partial charge in [0.1, 0.15) is 12.3 Å². The summed E-state index contributed by atoms with van der Waals surface area (Å²) in [5.41, 5.74) is 5.35. The fraction of sp³-hybridized carbons (Fsp3) is 0.750. The zero-order chi connectivity index (χ0) is 11.0. The Morgan fingerprint density at radius 1 is 1.71 bits per heavy atom. The molecule has 0 aliphatic rings. The summed E-state index contributed by atoms with van der Waals surface area (Å²) in [5, 5.41) is 10.5. The summed E-state index contributed by atoms with van der Waals surface area (Å²) in [6.07, 6.45) is 0. The number of amides is 1. The van der Waals surface area contributed by atoms with Crippen LogP contribution in [-0.2, 0) is 15.6 Å². The molecule has 80 valence electrons. The highest BCUT2D eigenvalue weighted by Crippen LogP contribution is 1.95. The molecule has 2 atom stereocenters. The number of nitrogens with zero attached hydrogens (tertiary/aromatic N) is 1. The molecule has 0 spiro atoms. The van der Waals surface area contributed by atoms with Crippen molar-refractivity contribution in [2.24, 2.45) is 11.7 Å². The quantitative estimate of drug-likeness (QED) is 0.556. The van der Waals surface area contributed by atoms with Gasteiger partial charge in [0.05, 0.1) is 6.07 Å². The first-order valence-electron chi connectivity index (χ1n) is 4.28. The Labute approximate surface area is 86.1 Å². The van der Waals surface area contributed by atoms with Crippen molar-refractivity contribution >= 4 is 16.7 Å². The average Bonchev–Trinajstić information content (AvgIpc) is 2.14. The number of nitrogens with two attached hydrogens (primary N) is 1. The van der Waals surface area contributed by atoms with Crippen LogP contribution in [0.4, 0.5) is 0 Å². The minimum Gasteiger partial charge on any atom is -0.342 e. The monoisotopic (exact) mass is 217 g/mol. The fourth-order valence-electron chi connectivity index (χ4n) is 0.780. The van der Waals surface area contributed by atoms with E-state index in [1.165, 1.54) is 0 Å². The molecule has 6 heteroatoms. The van der Waals surface area contributed by atoms with Crippen molar-refractivity contribution in [3.8, 4) is 6.07 Å². The zero-order valence-electron chi connectivity index (χ0n) is 8.16. The van der Waals surface area contributed by atoms with Crippen molar-refractivity contribution in [2.75, 3.05) is 24.6 Å². The molecule has 0 rings (SSSR count). The standard InChI is InChI=1S/C8H15N3O2S/c1-7(4-10)5-14(13)6-8(12)11-3-2-9/h7H,3-6,10H2,1H3,(H,11,12). The third kappa shape index (κ3) is 6.57. The fourth-order valence-corrected chi connectivity index (χ4v) is 2.06. The third-order valence-corrected chi connectivity index (χ3v) is 3.05. The van der Waals surface area contributed by atoms with E-state index in [-0.39, 0.29) is 24.1 Å². The van der Waals surface area contributed by atoms with E-state index >= 15 is 0 Å². The molecular weight excluding hydrogens is 202 g/mol. The molecule has 3 N–H and O–H groups in total. The van der Waals surface area contributed by atoms with E-state index in [0.29, 0.717) is 12.3 Å².